The molecule has 0 heterocycles. The summed E-state index contributed by atoms with van der Waals surface area (Å²) in [6.45, 7) is 10.1. The Hall–Kier alpha value is -2.69. The molecule has 1 N–H and O–H groups in total. The number of carbonyl (C=O) groups is 1. The zero-order chi connectivity index (χ0) is 20.0. The van der Waals surface area contributed by atoms with Gasteiger partial charge in [0.1, 0.15) is 23.9 Å². The van der Waals surface area contributed by atoms with Crippen LogP contribution in [0, 0.1) is 20.8 Å². The van der Waals surface area contributed by atoms with Gasteiger partial charge in [0.15, 0.2) is 6.10 Å². The van der Waals surface area contributed by atoms with Crippen molar-refractivity contribution in [2.75, 3.05) is 13.7 Å². The summed E-state index contributed by atoms with van der Waals surface area (Å²) >= 11 is 0. The molecule has 2 aromatic carbocycles. The summed E-state index contributed by atoms with van der Waals surface area (Å²) in [4.78, 5) is 12.4. The van der Waals surface area contributed by atoms with Crippen LogP contribution in [0.15, 0.2) is 36.4 Å². The lowest BCUT2D eigenvalue weighted by atomic mass is 10.1. The van der Waals surface area contributed by atoms with Gasteiger partial charge in [0.2, 0.25) is 0 Å². The molecule has 0 bridgehead atoms. The number of carbonyl (C=O) groups excluding carboxylic acids is 1. The highest BCUT2D eigenvalue weighted by atomic mass is 16.5. The standard InChI is InChI=1S/C22H29NO4/c1-14-11-15(2)17(4)21(12-14)27-18(5)22(24)23-16(3)13-26-20-9-7-19(25-6)8-10-20/h7-12,16,18H,13H2,1-6H3,(H,23,24)/t16-,18+/m1/s1. The molecule has 0 radical (unpaired) electrons. The minimum atomic E-state index is -0.590. The maximum atomic E-state index is 12.4. The Balaban J connectivity index is 1.86. The zero-order valence-electron chi connectivity index (χ0n) is 17.0. The Morgan fingerprint density at radius 2 is 1.67 bits per heavy atom. The third kappa shape index (κ3) is 5.91. The molecule has 5 heteroatoms. The van der Waals surface area contributed by atoms with Crippen molar-refractivity contribution < 1.29 is 19.0 Å². The molecule has 0 saturated carbocycles. The molecule has 0 fully saturated rings. The van der Waals surface area contributed by atoms with Crippen molar-refractivity contribution in [1.29, 1.82) is 0 Å². The Kier molecular flexibility index (Phi) is 7.11. The molecule has 0 unspecified atom stereocenters. The maximum Gasteiger partial charge on any atom is 0.261 e. The molecule has 2 atom stereocenters. The normalized spacial score (nSPS) is 12.8. The summed E-state index contributed by atoms with van der Waals surface area (Å²) in [6, 6.07) is 11.3. The summed E-state index contributed by atoms with van der Waals surface area (Å²) < 4.78 is 16.7. The minimum Gasteiger partial charge on any atom is -0.497 e. The third-order valence-electron chi connectivity index (χ3n) is 4.39. The number of hydrogen-bond donors (Lipinski definition) is 1. The van der Waals surface area contributed by atoms with Gasteiger partial charge in [0, 0.05) is 0 Å². The number of methoxy groups -OCH3 is 1. The van der Waals surface area contributed by atoms with E-state index in [-0.39, 0.29) is 11.9 Å². The number of nitrogens with one attached hydrogen (secondary N) is 1. The second-order valence-electron chi connectivity index (χ2n) is 6.86. The van der Waals surface area contributed by atoms with Crippen LogP contribution in [0.2, 0.25) is 0 Å². The first-order valence-electron chi connectivity index (χ1n) is 9.12. The molecule has 2 rings (SSSR count). The number of ether oxygens (including phenoxy) is 3. The van der Waals surface area contributed by atoms with E-state index in [2.05, 4.69) is 11.4 Å². The van der Waals surface area contributed by atoms with Gasteiger partial charge in [0.05, 0.1) is 13.2 Å². The van der Waals surface area contributed by atoms with E-state index in [4.69, 9.17) is 14.2 Å². The fourth-order valence-corrected chi connectivity index (χ4v) is 2.66. The summed E-state index contributed by atoms with van der Waals surface area (Å²) in [5.74, 6) is 2.08. The van der Waals surface area contributed by atoms with E-state index in [1.165, 1.54) is 0 Å². The number of amides is 1. The van der Waals surface area contributed by atoms with E-state index in [0.29, 0.717) is 6.61 Å². The number of hydrogen-bond acceptors (Lipinski definition) is 4. The van der Waals surface area contributed by atoms with Gasteiger partial charge in [0.25, 0.3) is 5.91 Å². The van der Waals surface area contributed by atoms with Gasteiger partial charge >= 0.3 is 0 Å². The van der Waals surface area contributed by atoms with E-state index in [1.807, 2.05) is 58.0 Å². The second-order valence-corrected chi connectivity index (χ2v) is 6.86. The molecule has 1 amide bonds. The number of benzene rings is 2. The molecule has 27 heavy (non-hydrogen) atoms. The van der Waals surface area contributed by atoms with Crippen LogP contribution in [-0.2, 0) is 4.79 Å². The van der Waals surface area contributed by atoms with Crippen LogP contribution in [0.1, 0.15) is 30.5 Å². The Morgan fingerprint density at radius 3 is 2.30 bits per heavy atom. The Labute approximate surface area is 161 Å². The van der Waals surface area contributed by atoms with Crippen LogP contribution >= 0.6 is 0 Å². The highest BCUT2D eigenvalue weighted by molar-refractivity contribution is 5.81. The first kappa shape index (κ1) is 20.6. The topological polar surface area (TPSA) is 56.8 Å². The molecule has 0 aliphatic heterocycles. The predicted molar refractivity (Wildman–Crippen MR) is 107 cm³/mol. The first-order valence-corrected chi connectivity index (χ1v) is 9.12. The molecule has 0 aliphatic rings. The molecular weight excluding hydrogens is 342 g/mol. The molecule has 0 aliphatic carbocycles. The van der Waals surface area contributed by atoms with Gasteiger partial charge in [-0.1, -0.05) is 6.07 Å². The lowest BCUT2D eigenvalue weighted by Gasteiger charge is -2.20. The van der Waals surface area contributed by atoms with Crippen molar-refractivity contribution in [2.24, 2.45) is 0 Å². The molecule has 5 nitrogen and oxygen atoms in total. The second kappa shape index (κ2) is 9.31. The van der Waals surface area contributed by atoms with Gasteiger partial charge in [-0.2, -0.15) is 0 Å². The fourth-order valence-electron chi connectivity index (χ4n) is 2.66. The van der Waals surface area contributed by atoms with Crippen molar-refractivity contribution in [3.8, 4) is 17.2 Å². The van der Waals surface area contributed by atoms with E-state index in [1.54, 1.807) is 14.0 Å². The SMILES string of the molecule is COc1ccc(OC[C@@H](C)NC(=O)[C@H](C)Oc2cc(C)cc(C)c2C)cc1. The van der Waals surface area contributed by atoms with Gasteiger partial charge in [-0.15, -0.1) is 0 Å². The largest absolute Gasteiger partial charge is 0.497 e. The highest BCUT2D eigenvalue weighted by Crippen LogP contribution is 2.24. The Morgan fingerprint density at radius 1 is 1.04 bits per heavy atom. The van der Waals surface area contributed by atoms with E-state index in [0.717, 1.165) is 33.9 Å². The van der Waals surface area contributed by atoms with Crippen LogP contribution in [0.4, 0.5) is 0 Å². The summed E-state index contributed by atoms with van der Waals surface area (Å²) in [6.07, 6.45) is -0.590. The van der Waals surface area contributed by atoms with E-state index >= 15 is 0 Å². The quantitative estimate of drug-likeness (QED) is 0.763. The van der Waals surface area contributed by atoms with Crippen LogP contribution in [0.5, 0.6) is 17.2 Å². The molecule has 2 aromatic rings. The summed E-state index contributed by atoms with van der Waals surface area (Å²) in [5.41, 5.74) is 3.32. The van der Waals surface area contributed by atoms with Crippen LogP contribution < -0.4 is 19.5 Å². The minimum absolute atomic E-state index is 0.147. The van der Waals surface area contributed by atoms with E-state index < -0.39 is 6.10 Å². The first-order chi connectivity index (χ1) is 12.8. The zero-order valence-corrected chi connectivity index (χ0v) is 17.0. The van der Waals surface area contributed by atoms with Crippen LogP contribution in [0.3, 0.4) is 0 Å². The van der Waals surface area contributed by atoms with Gasteiger partial charge in [-0.3, -0.25) is 4.79 Å². The van der Waals surface area contributed by atoms with Gasteiger partial charge in [-0.25, -0.2) is 0 Å². The molecular formula is C22H29NO4. The average Bonchev–Trinajstić information content (AvgIpc) is 2.64. The van der Waals surface area contributed by atoms with E-state index in [9.17, 15) is 4.79 Å². The Bertz CT molecular complexity index is 771. The summed E-state index contributed by atoms with van der Waals surface area (Å²) in [5, 5.41) is 2.93. The smallest absolute Gasteiger partial charge is 0.261 e. The third-order valence-corrected chi connectivity index (χ3v) is 4.39. The highest BCUT2D eigenvalue weighted by Gasteiger charge is 2.18. The number of aryl methyl sites for hydroxylation is 2. The van der Waals surface area contributed by atoms with Crippen molar-refractivity contribution in [1.82, 2.24) is 5.32 Å². The van der Waals surface area contributed by atoms with Gasteiger partial charge in [-0.05, 0) is 81.6 Å². The number of rotatable bonds is 8. The summed E-state index contributed by atoms with van der Waals surface area (Å²) in [7, 11) is 1.62. The van der Waals surface area contributed by atoms with Crippen molar-refractivity contribution in [2.45, 2.75) is 46.8 Å². The van der Waals surface area contributed by atoms with Crippen LogP contribution in [-0.4, -0.2) is 31.8 Å². The maximum absolute atomic E-state index is 12.4. The molecule has 0 spiro atoms. The van der Waals surface area contributed by atoms with Crippen molar-refractivity contribution in [3.05, 3.63) is 53.1 Å². The molecule has 0 aromatic heterocycles. The van der Waals surface area contributed by atoms with Crippen molar-refractivity contribution in [3.63, 3.8) is 0 Å². The molecule has 146 valence electrons. The predicted octanol–water partition coefficient (Wildman–Crippen LogP) is 3.97. The monoisotopic (exact) mass is 371 g/mol. The lowest BCUT2D eigenvalue weighted by Crippen LogP contribution is -2.43. The van der Waals surface area contributed by atoms with Gasteiger partial charge < -0.3 is 19.5 Å². The van der Waals surface area contributed by atoms with Crippen LogP contribution in [0.25, 0.3) is 0 Å². The molecule has 0 saturated heterocycles. The average molecular weight is 371 g/mol. The van der Waals surface area contributed by atoms with Crippen molar-refractivity contribution >= 4 is 5.91 Å². The lowest BCUT2D eigenvalue weighted by molar-refractivity contribution is -0.128. The fraction of sp³-hybridized carbons (Fsp3) is 0.409.